The van der Waals surface area contributed by atoms with E-state index in [2.05, 4.69) is 17.4 Å². The fraction of sp³-hybridized carbons (Fsp3) is 0.167. The lowest BCUT2D eigenvalue weighted by Crippen LogP contribution is -2.48. The number of nitrogens with zero attached hydrogens (tertiary/aromatic N) is 1. The first-order valence-corrected chi connectivity index (χ1v) is 9.98. The molecule has 0 aliphatic carbocycles. The number of hydrogen-bond donors (Lipinski definition) is 1. The van der Waals surface area contributed by atoms with Crippen molar-refractivity contribution < 1.29 is 14.3 Å². The van der Waals surface area contributed by atoms with Gasteiger partial charge in [0.25, 0.3) is 0 Å². The minimum absolute atomic E-state index is 0.402. The standard InChI is InChI=1S/C24H22N2O3S/c1-15-21(23(27)29-3)22(18-12-8-10-16-9-4-5-11-17(16)18)25-24(30)26(15)19-13-6-7-14-20(19)28-2/h4-14,22H,1-3H3,(H,25,30)/t22-/m0/s1. The molecule has 3 aromatic rings. The second kappa shape index (κ2) is 8.16. The van der Waals surface area contributed by atoms with Crippen molar-refractivity contribution in [3.8, 4) is 5.75 Å². The Morgan fingerprint density at radius 3 is 2.47 bits per heavy atom. The molecule has 4 rings (SSSR count). The summed E-state index contributed by atoms with van der Waals surface area (Å²) in [5.41, 5.74) is 2.93. The maximum atomic E-state index is 12.9. The Balaban J connectivity index is 1.93. The molecule has 0 amide bonds. The van der Waals surface area contributed by atoms with Crippen molar-refractivity contribution in [1.82, 2.24) is 5.32 Å². The predicted octanol–water partition coefficient (Wildman–Crippen LogP) is 4.73. The van der Waals surface area contributed by atoms with E-state index in [4.69, 9.17) is 21.7 Å². The summed E-state index contributed by atoms with van der Waals surface area (Å²) in [4.78, 5) is 14.7. The number of allylic oxidation sites excluding steroid dienone is 1. The van der Waals surface area contributed by atoms with Crippen LogP contribution in [0.3, 0.4) is 0 Å². The zero-order valence-electron chi connectivity index (χ0n) is 17.0. The third kappa shape index (κ3) is 3.29. The number of fused-ring (bicyclic) bond motifs is 1. The molecule has 0 saturated heterocycles. The zero-order valence-corrected chi connectivity index (χ0v) is 17.8. The molecule has 1 N–H and O–H groups in total. The summed E-state index contributed by atoms with van der Waals surface area (Å²) in [6.45, 7) is 1.88. The minimum Gasteiger partial charge on any atom is -0.495 e. The maximum absolute atomic E-state index is 12.9. The van der Waals surface area contributed by atoms with Gasteiger partial charge in [0, 0.05) is 5.70 Å². The van der Waals surface area contributed by atoms with Gasteiger partial charge >= 0.3 is 5.97 Å². The number of rotatable bonds is 4. The van der Waals surface area contributed by atoms with Crippen molar-refractivity contribution >= 4 is 39.8 Å². The average molecular weight is 419 g/mol. The topological polar surface area (TPSA) is 50.8 Å². The van der Waals surface area contributed by atoms with Crippen LogP contribution in [0, 0.1) is 0 Å². The summed E-state index contributed by atoms with van der Waals surface area (Å²) in [6.07, 6.45) is 0. The predicted molar refractivity (Wildman–Crippen MR) is 123 cm³/mol. The van der Waals surface area contributed by atoms with Crippen LogP contribution >= 0.6 is 12.2 Å². The highest BCUT2D eigenvalue weighted by atomic mass is 32.1. The summed E-state index contributed by atoms with van der Waals surface area (Å²) < 4.78 is 10.7. The van der Waals surface area contributed by atoms with Gasteiger partial charge in [-0.3, -0.25) is 4.90 Å². The van der Waals surface area contributed by atoms with Gasteiger partial charge < -0.3 is 14.8 Å². The summed E-state index contributed by atoms with van der Waals surface area (Å²) in [7, 11) is 3.00. The second-order valence-electron chi connectivity index (χ2n) is 6.95. The number of para-hydroxylation sites is 2. The highest BCUT2D eigenvalue weighted by Crippen LogP contribution is 2.39. The van der Waals surface area contributed by atoms with E-state index in [1.807, 2.05) is 66.4 Å². The van der Waals surface area contributed by atoms with E-state index in [0.29, 0.717) is 22.1 Å². The maximum Gasteiger partial charge on any atom is 0.337 e. The summed E-state index contributed by atoms with van der Waals surface area (Å²) in [6, 6.07) is 21.3. The molecule has 1 aliphatic rings. The Bertz CT molecular complexity index is 1170. The molecule has 5 nitrogen and oxygen atoms in total. The van der Waals surface area contributed by atoms with Crippen molar-refractivity contribution in [3.05, 3.63) is 83.6 Å². The molecule has 1 atom stereocenters. The first-order valence-electron chi connectivity index (χ1n) is 9.57. The van der Waals surface area contributed by atoms with E-state index in [1.165, 1.54) is 7.11 Å². The Labute approximate surface area is 180 Å². The SMILES string of the molecule is COC(=O)C1=C(C)N(c2ccccc2OC)C(=S)N[C@H]1c1cccc2ccccc12. The number of nitrogens with one attached hydrogen (secondary N) is 1. The number of esters is 1. The molecule has 6 heteroatoms. The molecule has 0 unspecified atom stereocenters. The van der Waals surface area contributed by atoms with E-state index < -0.39 is 12.0 Å². The van der Waals surface area contributed by atoms with Gasteiger partial charge in [0.05, 0.1) is 31.5 Å². The molecule has 1 heterocycles. The lowest BCUT2D eigenvalue weighted by Gasteiger charge is -2.38. The molecular weight excluding hydrogens is 396 g/mol. The van der Waals surface area contributed by atoms with Crippen molar-refractivity contribution in [2.45, 2.75) is 13.0 Å². The van der Waals surface area contributed by atoms with Gasteiger partial charge in [0.1, 0.15) is 5.75 Å². The second-order valence-corrected chi connectivity index (χ2v) is 7.34. The molecule has 30 heavy (non-hydrogen) atoms. The number of methoxy groups -OCH3 is 2. The minimum atomic E-state index is -0.429. The van der Waals surface area contributed by atoms with E-state index in [0.717, 1.165) is 22.0 Å². The van der Waals surface area contributed by atoms with Crippen molar-refractivity contribution in [3.63, 3.8) is 0 Å². The van der Waals surface area contributed by atoms with E-state index >= 15 is 0 Å². The van der Waals surface area contributed by atoms with Crippen LogP contribution in [0.1, 0.15) is 18.5 Å². The smallest absolute Gasteiger partial charge is 0.337 e. The number of carbonyl (C=O) groups is 1. The molecule has 0 fully saturated rings. The van der Waals surface area contributed by atoms with Crippen LogP contribution < -0.4 is 15.0 Å². The van der Waals surface area contributed by atoms with Crippen molar-refractivity contribution in [2.75, 3.05) is 19.1 Å². The van der Waals surface area contributed by atoms with Crippen LogP contribution in [0.5, 0.6) is 5.75 Å². The molecular formula is C24H22N2O3S. The highest BCUT2D eigenvalue weighted by molar-refractivity contribution is 7.80. The van der Waals surface area contributed by atoms with Gasteiger partial charge in [-0.15, -0.1) is 0 Å². The van der Waals surface area contributed by atoms with Crippen molar-refractivity contribution in [1.29, 1.82) is 0 Å². The molecule has 0 spiro atoms. The molecule has 0 bridgehead atoms. The van der Waals surface area contributed by atoms with Crippen LogP contribution in [0.4, 0.5) is 5.69 Å². The monoisotopic (exact) mass is 418 g/mol. The van der Waals surface area contributed by atoms with Gasteiger partial charge in [-0.1, -0.05) is 54.6 Å². The van der Waals surface area contributed by atoms with Crippen LogP contribution in [-0.2, 0) is 9.53 Å². The molecule has 0 saturated carbocycles. The number of carbonyl (C=O) groups excluding carboxylic acids is 1. The van der Waals surface area contributed by atoms with Gasteiger partial charge in [0.15, 0.2) is 5.11 Å². The largest absolute Gasteiger partial charge is 0.495 e. The quantitative estimate of drug-likeness (QED) is 0.488. The van der Waals surface area contributed by atoms with Gasteiger partial charge in [0.2, 0.25) is 0 Å². The van der Waals surface area contributed by atoms with Gasteiger partial charge in [-0.2, -0.15) is 0 Å². The van der Waals surface area contributed by atoms with Gasteiger partial charge in [-0.05, 0) is 47.6 Å². The Morgan fingerprint density at radius 2 is 1.70 bits per heavy atom. The van der Waals surface area contributed by atoms with Crippen LogP contribution in [0.15, 0.2) is 78.0 Å². The third-order valence-electron chi connectivity index (χ3n) is 5.35. The molecule has 1 aliphatic heterocycles. The molecule has 0 radical (unpaired) electrons. The zero-order chi connectivity index (χ0) is 21.3. The third-order valence-corrected chi connectivity index (χ3v) is 5.65. The number of thiocarbonyl (C=S) groups is 1. The number of benzene rings is 3. The normalized spacial score (nSPS) is 16.4. The van der Waals surface area contributed by atoms with E-state index in [-0.39, 0.29) is 0 Å². The lowest BCUT2D eigenvalue weighted by atomic mass is 9.91. The van der Waals surface area contributed by atoms with Gasteiger partial charge in [-0.25, -0.2) is 4.79 Å². The first-order chi connectivity index (χ1) is 14.6. The summed E-state index contributed by atoms with van der Waals surface area (Å²) in [5, 5.41) is 6.00. The van der Waals surface area contributed by atoms with Crippen molar-refractivity contribution in [2.24, 2.45) is 0 Å². The number of hydrogen-bond acceptors (Lipinski definition) is 4. The highest BCUT2D eigenvalue weighted by Gasteiger charge is 2.36. The summed E-state index contributed by atoms with van der Waals surface area (Å²) in [5.74, 6) is 0.258. The Hall–Kier alpha value is -3.38. The van der Waals surface area contributed by atoms with Crippen LogP contribution in [-0.4, -0.2) is 25.3 Å². The Kier molecular flexibility index (Phi) is 5.42. The lowest BCUT2D eigenvalue weighted by molar-refractivity contribution is -0.136. The van der Waals surface area contributed by atoms with Crippen LogP contribution in [0.25, 0.3) is 10.8 Å². The molecule has 0 aromatic heterocycles. The first kappa shape index (κ1) is 19.9. The van der Waals surface area contributed by atoms with Crippen LogP contribution in [0.2, 0.25) is 0 Å². The number of ether oxygens (including phenoxy) is 2. The number of anilines is 1. The molecule has 3 aromatic carbocycles. The van der Waals surface area contributed by atoms with E-state index in [1.54, 1.807) is 7.11 Å². The Morgan fingerprint density at radius 1 is 1.00 bits per heavy atom. The summed E-state index contributed by atoms with van der Waals surface area (Å²) >= 11 is 5.74. The molecule has 152 valence electrons. The van der Waals surface area contributed by atoms with E-state index in [9.17, 15) is 4.79 Å². The fourth-order valence-corrected chi connectivity index (χ4v) is 4.31. The average Bonchev–Trinajstić information content (AvgIpc) is 2.78. The fourth-order valence-electron chi connectivity index (χ4n) is 3.96.